The van der Waals surface area contributed by atoms with Crippen molar-refractivity contribution in [1.29, 1.82) is 0 Å². The molecular formula is C12H15BrO3. The molecule has 16 heavy (non-hydrogen) atoms. The van der Waals surface area contributed by atoms with E-state index in [9.17, 15) is 5.11 Å². The molecule has 88 valence electrons. The van der Waals surface area contributed by atoms with Gasteiger partial charge in [0, 0.05) is 24.7 Å². The normalized spacial score (nSPS) is 19.8. The average molecular weight is 287 g/mol. The van der Waals surface area contributed by atoms with Gasteiger partial charge in [0.2, 0.25) is 5.79 Å². The number of hydrogen-bond acceptors (Lipinski definition) is 3. The summed E-state index contributed by atoms with van der Waals surface area (Å²) >= 11 is 3.25. The summed E-state index contributed by atoms with van der Waals surface area (Å²) in [7, 11) is 0. The fourth-order valence-electron chi connectivity index (χ4n) is 1.65. The van der Waals surface area contributed by atoms with Crippen LogP contribution in [0.5, 0.6) is 5.75 Å². The second-order valence-electron chi connectivity index (χ2n) is 4.33. The summed E-state index contributed by atoms with van der Waals surface area (Å²) in [5.41, 5.74) is 1.86. The standard InChI is InChI=1S/C12H15BrO3/c1-12(2)15-7-9-5-8(10(14)6-13)3-4-11(9)16-12/h3-5,10,14H,6-7H2,1-2H3. The van der Waals surface area contributed by atoms with Crippen LogP contribution in [0, 0.1) is 0 Å². The maximum atomic E-state index is 9.71. The Kier molecular flexibility index (Phi) is 3.24. The zero-order valence-corrected chi connectivity index (χ0v) is 11.0. The Morgan fingerprint density at radius 2 is 2.25 bits per heavy atom. The zero-order valence-electron chi connectivity index (χ0n) is 9.37. The van der Waals surface area contributed by atoms with Crippen molar-refractivity contribution in [2.75, 3.05) is 5.33 Å². The number of rotatable bonds is 2. The maximum Gasteiger partial charge on any atom is 0.205 e. The van der Waals surface area contributed by atoms with Crippen LogP contribution in [0.15, 0.2) is 18.2 Å². The Morgan fingerprint density at radius 3 is 2.94 bits per heavy atom. The van der Waals surface area contributed by atoms with Crippen molar-refractivity contribution in [2.24, 2.45) is 0 Å². The van der Waals surface area contributed by atoms with Crippen LogP contribution in [-0.2, 0) is 11.3 Å². The first kappa shape index (κ1) is 11.9. The first-order chi connectivity index (χ1) is 7.52. The quantitative estimate of drug-likeness (QED) is 0.850. The molecule has 1 N–H and O–H groups in total. The third kappa shape index (κ3) is 2.39. The fraction of sp³-hybridized carbons (Fsp3) is 0.500. The van der Waals surface area contributed by atoms with Gasteiger partial charge in [-0.3, -0.25) is 0 Å². The molecule has 1 heterocycles. The molecule has 1 aliphatic rings. The molecule has 0 amide bonds. The van der Waals surface area contributed by atoms with Crippen LogP contribution in [0.25, 0.3) is 0 Å². The highest BCUT2D eigenvalue weighted by molar-refractivity contribution is 9.09. The van der Waals surface area contributed by atoms with E-state index in [0.29, 0.717) is 11.9 Å². The molecule has 0 spiro atoms. The van der Waals surface area contributed by atoms with Gasteiger partial charge in [0.05, 0.1) is 12.7 Å². The Morgan fingerprint density at radius 1 is 1.50 bits per heavy atom. The molecule has 1 aromatic rings. The van der Waals surface area contributed by atoms with Crippen molar-refractivity contribution in [3.8, 4) is 5.75 Å². The second kappa shape index (κ2) is 4.35. The largest absolute Gasteiger partial charge is 0.463 e. The van der Waals surface area contributed by atoms with Crippen LogP contribution < -0.4 is 4.74 Å². The van der Waals surface area contributed by atoms with Crippen LogP contribution in [0.2, 0.25) is 0 Å². The number of alkyl halides is 1. The van der Waals surface area contributed by atoms with Gasteiger partial charge in [-0.2, -0.15) is 0 Å². The van der Waals surface area contributed by atoms with Crippen LogP contribution >= 0.6 is 15.9 Å². The van der Waals surface area contributed by atoms with E-state index < -0.39 is 11.9 Å². The molecule has 0 radical (unpaired) electrons. The lowest BCUT2D eigenvalue weighted by Gasteiger charge is -2.32. The summed E-state index contributed by atoms with van der Waals surface area (Å²) in [5, 5.41) is 10.2. The summed E-state index contributed by atoms with van der Waals surface area (Å²) in [6.45, 7) is 4.29. The van der Waals surface area contributed by atoms with Crippen molar-refractivity contribution < 1.29 is 14.6 Å². The molecule has 0 bridgehead atoms. The topological polar surface area (TPSA) is 38.7 Å². The number of ether oxygens (including phenoxy) is 2. The molecule has 0 saturated carbocycles. The molecule has 1 aliphatic heterocycles. The predicted octanol–water partition coefficient (Wildman–Crippen LogP) is 2.76. The lowest BCUT2D eigenvalue weighted by Crippen LogP contribution is -2.35. The average Bonchev–Trinajstić information content (AvgIpc) is 2.26. The van der Waals surface area contributed by atoms with Crippen molar-refractivity contribution in [3.05, 3.63) is 29.3 Å². The van der Waals surface area contributed by atoms with Crippen LogP contribution in [-0.4, -0.2) is 16.2 Å². The lowest BCUT2D eigenvalue weighted by atomic mass is 10.1. The van der Waals surface area contributed by atoms with Crippen molar-refractivity contribution >= 4 is 15.9 Å². The molecule has 1 unspecified atom stereocenters. The summed E-state index contributed by atoms with van der Waals surface area (Å²) in [6, 6.07) is 5.70. The highest BCUT2D eigenvalue weighted by atomic mass is 79.9. The number of halogens is 1. The van der Waals surface area contributed by atoms with Gasteiger partial charge in [-0.1, -0.05) is 22.0 Å². The van der Waals surface area contributed by atoms with Crippen LogP contribution in [0.1, 0.15) is 31.1 Å². The monoisotopic (exact) mass is 286 g/mol. The first-order valence-electron chi connectivity index (χ1n) is 5.22. The number of hydrogen-bond donors (Lipinski definition) is 1. The highest BCUT2D eigenvalue weighted by Crippen LogP contribution is 2.33. The van der Waals surface area contributed by atoms with E-state index in [0.717, 1.165) is 16.9 Å². The van der Waals surface area contributed by atoms with Crippen LogP contribution in [0.4, 0.5) is 0 Å². The lowest BCUT2D eigenvalue weighted by molar-refractivity contribution is -0.180. The van der Waals surface area contributed by atoms with E-state index in [-0.39, 0.29) is 0 Å². The van der Waals surface area contributed by atoms with Crippen LogP contribution in [0.3, 0.4) is 0 Å². The fourth-order valence-corrected chi connectivity index (χ4v) is 2.03. The van der Waals surface area contributed by atoms with Gasteiger partial charge >= 0.3 is 0 Å². The Balaban J connectivity index is 2.28. The van der Waals surface area contributed by atoms with Gasteiger partial charge in [0.1, 0.15) is 5.75 Å². The first-order valence-corrected chi connectivity index (χ1v) is 6.34. The maximum absolute atomic E-state index is 9.71. The molecule has 0 fully saturated rings. The molecule has 2 rings (SSSR count). The summed E-state index contributed by atoms with van der Waals surface area (Å²) in [4.78, 5) is 0. The second-order valence-corrected chi connectivity index (χ2v) is 4.98. The van der Waals surface area contributed by atoms with E-state index in [1.807, 2.05) is 32.0 Å². The van der Waals surface area contributed by atoms with Crippen molar-refractivity contribution in [3.63, 3.8) is 0 Å². The Labute approximate surface area is 104 Å². The van der Waals surface area contributed by atoms with E-state index >= 15 is 0 Å². The van der Waals surface area contributed by atoms with Gasteiger partial charge in [-0.15, -0.1) is 0 Å². The third-order valence-corrected chi connectivity index (χ3v) is 3.16. The third-order valence-electron chi connectivity index (χ3n) is 2.55. The highest BCUT2D eigenvalue weighted by Gasteiger charge is 2.27. The van der Waals surface area contributed by atoms with E-state index in [1.54, 1.807) is 0 Å². The minimum absolute atomic E-state index is 0.486. The minimum Gasteiger partial charge on any atom is -0.463 e. The van der Waals surface area contributed by atoms with Gasteiger partial charge in [-0.05, 0) is 17.7 Å². The van der Waals surface area contributed by atoms with E-state index in [2.05, 4.69) is 15.9 Å². The number of benzene rings is 1. The smallest absolute Gasteiger partial charge is 0.205 e. The van der Waals surface area contributed by atoms with Crippen molar-refractivity contribution in [1.82, 2.24) is 0 Å². The number of aliphatic hydroxyl groups excluding tert-OH is 1. The molecule has 1 aromatic carbocycles. The van der Waals surface area contributed by atoms with Gasteiger partial charge in [0.25, 0.3) is 0 Å². The number of aliphatic hydroxyl groups is 1. The van der Waals surface area contributed by atoms with E-state index in [4.69, 9.17) is 9.47 Å². The van der Waals surface area contributed by atoms with Gasteiger partial charge in [0.15, 0.2) is 0 Å². The summed E-state index contributed by atoms with van der Waals surface area (Å²) in [5.74, 6) is 0.268. The molecule has 0 saturated heterocycles. The minimum atomic E-state index is -0.567. The summed E-state index contributed by atoms with van der Waals surface area (Å²) < 4.78 is 11.2. The molecule has 4 heteroatoms. The molecule has 0 aromatic heterocycles. The molecule has 3 nitrogen and oxygen atoms in total. The Hall–Kier alpha value is -0.580. The molecule has 0 aliphatic carbocycles. The van der Waals surface area contributed by atoms with Crippen molar-refractivity contribution in [2.45, 2.75) is 32.3 Å². The van der Waals surface area contributed by atoms with E-state index in [1.165, 1.54) is 0 Å². The SMILES string of the molecule is CC1(C)OCc2cc(C(O)CBr)ccc2O1. The predicted molar refractivity (Wildman–Crippen MR) is 64.7 cm³/mol. The molecule has 1 atom stereocenters. The number of fused-ring (bicyclic) bond motifs is 1. The zero-order chi connectivity index (χ0) is 11.8. The van der Waals surface area contributed by atoms with Gasteiger partial charge < -0.3 is 14.6 Å². The van der Waals surface area contributed by atoms with Gasteiger partial charge in [-0.25, -0.2) is 0 Å². The summed E-state index contributed by atoms with van der Waals surface area (Å²) in [6.07, 6.45) is -0.486. The Bertz CT molecular complexity index is 390. The molecular weight excluding hydrogens is 272 g/mol.